The maximum atomic E-state index is 10.6. The highest BCUT2D eigenvalue weighted by Gasteiger charge is 1.61. The molecule has 0 aliphatic carbocycles. The van der Waals surface area contributed by atoms with Crippen LogP contribution >= 0.6 is 0 Å². The molecule has 0 aromatic heterocycles. The lowest BCUT2D eigenvalue weighted by Gasteiger charge is -1.66. The van der Waals surface area contributed by atoms with Crippen molar-refractivity contribution < 1.29 is 4.48 Å². The lowest BCUT2D eigenvalue weighted by Crippen LogP contribution is -1.60. The number of hydrogen-bond acceptors (Lipinski definition) is 2. The zero-order chi connectivity index (χ0) is 4.83. The van der Waals surface area contributed by atoms with Crippen molar-refractivity contribution in [1.29, 1.82) is 0 Å². The van der Waals surface area contributed by atoms with Gasteiger partial charge < -0.3 is 0 Å². The molecule has 0 amide bonds. The molecule has 0 unspecified atom stereocenters. The first-order valence-electron chi connectivity index (χ1n) is 1.50. The zero-order valence-corrected chi connectivity index (χ0v) is 3.26. The minimum Gasteiger partial charge on any atom is -0.156 e. The van der Waals surface area contributed by atoms with Gasteiger partial charge in [-0.15, -0.1) is 6.58 Å². The molecule has 0 spiro atoms. The van der Waals surface area contributed by atoms with Crippen molar-refractivity contribution in [3.05, 3.63) is 12.7 Å². The third-order valence-corrected chi connectivity index (χ3v) is 0.264. The van der Waals surface area contributed by atoms with Crippen molar-refractivity contribution in [2.75, 3.05) is 6.54 Å². The van der Waals surface area contributed by atoms with Gasteiger partial charge in [-0.3, -0.25) is 0 Å². The van der Waals surface area contributed by atoms with Crippen LogP contribution in [0.3, 0.4) is 0 Å². The third-order valence-electron chi connectivity index (χ3n) is 0.264. The Morgan fingerprint density at radius 1 is 1.83 bits per heavy atom. The van der Waals surface area contributed by atoms with Crippen LogP contribution in [-0.4, -0.2) is 6.54 Å². The summed E-state index contributed by atoms with van der Waals surface area (Å²) in [4.78, 5) is 0. The summed E-state index contributed by atoms with van der Waals surface area (Å²) in [5, 5.41) is 4.91. The van der Waals surface area contributed by atoms with Gasteiger partial charge in [0, 0.05) is 5.34 Å². The summed E-state index contributed by atoms with van der Waals surface area (Å²) in [6, 6.07) is 0. The molecule has 0 atom stereocenters. The van der Waals surface area contributed by atoms with E-state index in [0.29, 0.717) is 0 Å². The molecular weight excluding hydrogens is 83.0 g/mol. The normalized spacial score (nSPS) is 9.50. The molecule has 0 aromatic carbocycles. The Morgan fingerprint density at radius 3 is 2.67 bits per heavy atom. The Bertz CT molecular complexity index is 59.8. The molecule has 0 saturated heterocycles. The molecule has 0 aliphatic heterocycles. The summed E-state index contributed by atoms with van der Waals surface area (Å²) >= 11 is 0. The van der Waals surface area contributed by atoms with Gasteiger partial charge >= 0.3 is 0 Å². The quantitative estimate of drug-likeness (QED) is 0.361. The van der Waals surface area contributed by atoms with Crippen molar-refractivity contribution >= 4 is 0 Å². The second-order valence-electron chi connectivity index (χ2n) is 0.688. The second-order valence-corrected chi connectivity index (χ2v) is 0.688. The lowest BCUT2D eigenvalue weighted by molar-refractivity contribution is 0.482. The highest BCUT2D eigenvalue weighted by Crippen LogP contribution is 1.72. The van der Waals surface area contributed by atoms with E-state index in [1.807, 2.05) is 5.34 Å². The maximum absolute atomic E-state index is 10.6. The Balaban J connectivity index is 2.85. The van der Waals surface area contributed by atoms with Gasteiger partial charge in [-0.05, 0) is 0 Å². The standard InChI is InChI=1S/C3H5FN2/c1-2-3-5-6-4/h2H,1,3H2. The molecule has 0 heterocycles. The fourth-order valence-corrected chi connectivity index (χ4v) is 0.0886. The van der Waals surface area contributed by atoms with E-state index in [9.17, 15) is 4.48 Å². The highest BCUT2D eigenvalue weighted by atomic mass is 19.2. The Hall–Kier alpha value is -0.730. The summed E-state index contributed by atoms with van der Waals surface area (Å²) < 4.78 is 10.6. The summed E-state index contributed by atoms with van der Waals surface area (Å²) in [7, 11) is 0. The van der Waals surface area contributed by atoms with Gasteiger partial charge in [-0.1, -0.05) is 10.6 Å². The van der Waals surface area contributed by atoms with Crippen molar-refractivity contribution in [2.24, 2.45) is 10.5 Å². The second kappa shape index (κ2) is 4.27. The predicted molar refractivity (Wildman–Crippen MR) is 21.0 cm³/mol. The Kier molecular flexibility index (Phi) is 3.75. The molecule has 0 aromatic rings. The van der Waals surface area contributed by atoms with E-state index in [4.69, 9.17) is 0 Å². The smallest absolute Gasteiger partial charge is 0.0806 e. The van der Waals surface area contributed by atoms with Crippen LogP contribution in [0.15, 0.2) is 23.1 Å². The number of nitrogens with zero attached hydrogens (tertiary/aromatic N) is 2. The fourth-order valence-electron chi connectivity index (χ4n) is 0.0886. The van der Waals surface area contributed by atoms with Gasteiger partial charge in [0.25, 0.3) is 0 Å². The molecule has 6 heavy (non-hydrogen) atoms. The molecular formula is C3H5FN2. The van der Waals surface area contributed by atoms with E-state index in [0.717, 1.165) is 0 Å². The van der Waals surface area contributed by atoms with Crippen molar-refractivity contribution in [1.82, 2.24) is 0 Å². The first kappa shape index (κ1) is 5.27. The summed E-state index contributed by atoms with van der Waals surface area (Å²) in [6.07, 6.45) is 1.46. The SMILES string of the molecule is C=CCN=NF. The number of rotatable bonds is 2. The van der Waals surface area contributed by atoms with Crippen LogP contribution in [0.5, 0.6) is 0 Å². The molecule has 3 heteroatoms. The molecule has 0 N–H and O–H groups in total. The molecule has 0 rings (SSSR count). The van der Waals surface area contributed by atoms with E-state index < -0.39 is 0 Å². The Labute approximate surface area is 35.3 Å². The third kappa shape index (κ3) is 3.27. The van der Waals surface area contributed by atoms with E-state index in [1.165, 1.54) is 6.08 Å². The van der Waals surface area contributed by atoms with Crippen molar-refractivity contribution in [3.8, 4) is 0 Å². The zero-order valence-electron chi connectivity index (χ0n) is 3.26. The predicted octanol–water partition coefficient (Wildman–Crippen LogP) is 1.51. The topological polar surface area (TPSA) is 24.7 Å². The van der Waals surface area contributed by atoms with Gasteiger partial charge in [0.05, 0.1) is 6.54 Å². The molecule has 0 radical (unpaired) electrons. The van der Waals surface area contributed by atoms with Crippen LogP contribution in [0.2, 0.25) is 0 Å². The van der Waals surface area contributed by atoms with Crippen LogP contribution in [0.25, 0.3) is 0 Å². The molecule has 0 bridgehead atoms. The summed E-state index contributed by atoms with van der Waals surface area (Å²) in [6.45, 7) is 3.54. The van der Waals surface area contributed by atoms with Crippen molar-refractivity contribution in [2.45, 2.75) is 0 Å². The van der Waals surface area contributed by atoms with E-state index in [-0.39, 0.29) is 6.54 Å². The highest BCUT2D eigenvalue weighted by molar-refractivity contribution is 4.66. The minimum absolute atomic E-state index is 0.260. The van der Waals surface area contributed by atoms with E-state index in [2.05, 4.69) is 11.7 Å². The monoisotopic (exact) mass is 88.0 g/mol. The van der Waals surface area contributed by atoms with Crippen LogP contribution in [-0.2, 0) is 0 Å². The van der Waals surface area contributed by atoms with Gasteiger partial charge in [0.1, 0.15) is 0 Å². The van der Waals surface area contributed by atoms with E-state index in [1.54, 1.807) is 0 Å². The first-order valence-corrected chi connectivity index (χ1v) is 1.50. The van der Waals surface area contributed by atoms with Crippen molar-refractivity contribution in [3.63, 3.8) is 0 Å². The fraction of sp³-hybridized carbons (Fsp3) is 0.333. The molecule has 0 saturated carbocycles. The van der Waals surface area contributed by atoms with E-state index >= 15 is 0 Å². The van der Waals surface area contributed by atoms with Crippen LogP contribution < -0.4 is 0 Å². The van der Waals surface area contributed by atoms with Gasteiger partial charge in [-0.2, -0.15) is 5.11 Å². The summed E-state index contributed by atoms with van der Waals surface area (Å²) in [5.41, 5.74) is 0. The average molecular weight is 88.1 g/mol. The molecule has 2 nitrogen and oxygen atoms in total. The molecule has 34 valence electrons. The maximum Gasteiger partial charge on any atom is 0.0806 e. The number of hydrogen-bond donors (Lipinski definition) is 0. The minimum atomic E-state index is 0.260. The van der Waals surface area contributed by atoms with Crippen LogP contribution in [0, 0.1) is 0 Å². The molecule has 0 fully saturated rings. The van der Waals surface area contributed by atoms with Crippen LogP contribution in [0.4, 0.5) is 4.48 Å². The Morgan fingerprint density at radius 2 is 2.50 bits per heavy atom. The van der Waals surface area contributed by atoms with Crippen LogP contribution in [0.1, 0.15) is 0 Å². The largest absolute Gasteiger partial charge is 0.156 e. The van der Waals surface area contributed by atoms with Gasteiger partial charge in [-0.25, -0.2) is 0 Å². The van der Waals surface area contributed by atoms with Gasteiger partial charge in [0.15, 0.2) is 0 Å². The molecule has 0 aliphatic rings. The first-order chi connectivity index (χ1) is 2.91. The average Bonchev–Trinajstić information content (AvgIpc) is 1.61. The van der Waals surface area contributed by atoms with Gasteiger partial charge in [0.2, 0.25) is 0 Å². The summed E-state index contributed by atoms with van der Waals surface area (Å²) in [5.74, 6) is 0. The lowest BCUT2D eigenvalue weighted by atomic mass is 10.7. The number of halogens is 1.